The smallest absolute Gasteiger partial charge is 0.138 e. The predicted molar refractivity (Wildman–Crippen MR) is 79.5 cm³/mol. The van der Waals surface area contributed by atoms with Crippen molar-refractivity contribution in [2.45, 2.75) is 19.6 Å². The molecule has 0 fully saturated rings. The van der Waals surface area contributed by atoms with E-state index in [1.165, 1.54) is 0 Å². The Bertz CT molecular complexity index is 630. The minimum absolute atomic E-state index is 0.0555. The number of nitriles is 1. The second-order valence-corrected chi connectivity index (χ2v) is 4.98. The summed E-state index contributed by atoms with van der Waals surface area (Å²) < 4.78 is 5.68. The molecule has 102 valence electrons. The molecule has 0 radical (unpaired) electrons. The predicted octanol–water partition coefficient (Wildman–Crippen LogP) is 3.81. The Hall–Kier alpha value is -2.02. The van der Waals surface area contributed by atoms with Gasteiger partial charge in [0, 0.05) is 6.04 Å². The Morgan fingerprint density at radius 3 is 2.50 bits per heavy atom. The number of halogens is 1. The van der Waals surface area contributed by atoms with Crippen molar-refractivity contribution in [1.29, 1.82) is 5.26 Å². The van der Waals surface area contributed by atoms with E-state index in [4.69, 9.17) is 27.3 Å². The van der Waals surface area contributed by atoms with Crippen molar-refractivity contribution in [2.24, 2.45) is 5.73 Å². The Balaban J connectivity index is 2.05. The second kappa shape index (κ2) is 6.42. The van der Waals surface area contributed by atoms with E-state index in [1.54, 1.807) is 12.1 Å². The molecule has 0 aliphatic carbocycles. The van der Waals surface area contributed by atoms with Crippen LogP contribution < -0.4 is 10.5 Å². The normalized spacial score (nSPS) is 11.7. The number of rotatable bonds is 4. The van der Waals surface area contributed by atoms with E-state index in [2.05, 4.69) is 6.07 Å². The van der Waals surface area contributed by atoms with Crippen LogP contribution in [0.2, 0.25) is 5.02 Å². The molecule has 2 rings (SSSR count). The van der Waals surface area contributed by atoms with Crippen LogP contribution in [0.4, 0.5) is 0 Å². The summed E-state index contributed by atoms with van der Waals surface area (Å²) in [5.74, 6) is 0.625. The van der Waals surface area contributed by atoms with Crippen LogP contribution in [0.25, 0.3) is 0 Å². The Morgan fingerprint density at radius 2 is 1.95 bits per heavy atom. The highest BCUT2D eigenvalue weighted by atomic mass is 35.5. The van der Waals surface area contributed by atoms with Crippen molar-refractivity contribution in [3.63, 3.8) is 0 Å². The van der Waals surface area contributed by atoms with E-state index in [0.29, 0.717) is 22.9 Å². The zero-order valence-corrected chi connectivity index (χ0v) is 11.9. The topological polar surface area (TPSA) is 59.0 Å². The van der Waals surface area contributed by atoms with Gasteiger partial charge in [0.15, 0.2) is 0 Å². The summed E-state index contributed by atoms with van der Waals surface area (Å²) in [6, 6.07) is 14.8. The Morgan fingerprint density at radius 1 is 1.25 bits per heavy atom. The molecule has 3 nitrogen and oxygen atoms in total. The number of ether oxygens (including phenoxy) is 1. The molecule has 0 bridgehead atoms. The maximum atomic E-state index is 8.73. The van der Waals surface area contributed by atoms with Gasteiger partial charge in [-0.3, -0.25) is 0 Å². The van der Waals surface area contributed by atoms with Crippen LogP contribution in [-0.2, 0) is 6.61 Å². The van der Waals surface area contributed by atoms with Gasteiger partial charge in [-0.25, -0.2) is 0 Å². The van der Waals surface area contributed by atoms with E-state index in [1.807, 2.05) is 37.3 Å². The molecule has 0 saturated heterocycles. The lowest BCUT2D eigenvalue weighted by molar-refractivity contribution is 0.306. The number of nitrogens with two attached hydrogens (primary N) is 1. The van der Waals surface area contributed by atoms with Gasteiger partial charge in [-0.15, -0.1) is 0 Å². The summed E-state index contributed by atoms with van der Waals surface area (Å²) in [5.41, 5.74) is 8.39. The Labute approximate surface area is 123 Å². The van der Waals surface area contributed by atoms with Gasteiger partial charge in [-0.2, -0.15) is 5.26 Å². The van der Waals surface area contributed by atoms with Crippen LogP contribution >= 0.6 is 11.6 Å². The molecule has 0 saturated carbocycles. The fourth-order valence-corrected chi connectivity index (χ4v) is 2.00. The number of hydrogen-bond acceptors (Lipinski definition) is 3. The first-order valence-electron chi connectivity index (χ1n) is 6.27. The molecule has 0 aromatic heterocycles. The van der Waals surface area contributed by atoms with Gasteiger partial charge < -0.3 is 10.5 Å². The summed E-state index contributed by atoms with van der Waals surface area (Å²) >= 11 is 6.16. The molecule has 0 spiro atoms. The lowest BCUT2D eigenvalue weighted by Crippen LogP contribution is -2.05. The fraction of sp³-hybridized carbons (Fsp3) is 0.188. The minimum Gasteiger partial charge on any atom is -0.487 e. The maximum absolute atomic E-state index is 8.73. The molecule has 4 heteroatoms. The summed E-state index contributed by atoms with van der Waals surface area (Å²) in [6.07, 6.45) is 0. The first-order chi connectivity index (χ1) is 9.60. The summed E-state index contributed by atoms with van der Waals surface area (Å²) in [6.45, 7) is 2.31. The molecule has 1 atom stereocenters. The molecule has 0 amide bonds. The average Bonchev–Trinajstić information content (AvgIpc) is 2.46. The standard InChI is InChI=1S/C16H15ClN2O/c1-11(19)14-6-7-16(15(17)8-14)20-10-13-4-2-12(9-18)3-5-13/h2-8,11H,10,19H2,1H3/t11-/m0/s1. The lowest BCUT2D eigenvalue weighted by atomic mass is 10.1. The van der Waals surface area contributed by atoms with Crippen molar-refractivity contribution in [1.82, 2.24) is 0 Å². The van der Waals surface area contributed by atoms with Gasteiger partial charge >= 0.3 is 0 Å². The van der Waals surface area contributed by atoms with Gasteiger partial charge in [0.25, 0.3) is 0 Å². The van der Waals surface area contributed by atoms with E-state index in [0.717, 1.165) is 11.1 Å². The van der Waals surface area contributed by atoms with Gasteiger partial charge in [0.05, 0.1) is 16.7 Å². The summed E-state index contributed by atoms with van der Waals surface area (Å²) in [5, 5.41) is 9.28. The van der Waals surface area contributed by atoms with Gasteiger partial charge in [-0.05, 0) is 42.3 Å². The van der Waals surface area contributed by atoms with Crippen LogP contribution in [-0.4, -0.2) is 0 Å². The first kappa shape index (κ1) is 14.4. The molecule has 2 aromatic rings. The van der Waals surface area contributed by atoms with E-state index >= 15 is 0 Å². The molecule has 0 aliphatic rings. The summed E-state index contributed by atoms with van der Waals surface area (Å²) in [7, 11) is 0. The molecule has 0 unspecified atom stereocenters. The SMILES string of the molecule is C[C@H](N)c1ccc(OCc2ccc(C#N)cc2)c(Cl)c1. The van der Waals surface area contributed by atoms with Crippen molar-refractivity contribution in [3.8, 4) is 11.8 Å². The van der Waals surface area contributed by atoms with Crippen molar-refractivity contribution < 1.29 is 4.74 Å². The highest BCUT2D eigenvalue weighted by Gasteiger charge is 2.06. The average molecular weight is 287 g/mol. The van der Waals surface area contributed by atoms with Gasteiger partial charge in [0.2, 0.25) is 0 Å². The monoisotopic (exact) mass is 286 g/mol. The van der Waals surface area contributed by atoms with E-state index < -0.39 is 0 Å². The van der Waals surface area contributed by atoms with Gasteiger partial charge in [-0.1, -0.05) is 29.8 Å². The van der Waals surface area contributed by atoms with Crippen LogP contribution in [0.15, 0.2) is 42.5 Å². The zero-order chi connectivity index (χ0) is 14.5. The van der Waals surface area contributed by atoms with Crippen molar-refractivity contribution in [2.75, 3.05) is 0 Å². The zero-order valence-electron chi connectivity index (χ0n) is 11.1. The highest BCUT2D eigenvalue weighted by Crippen LogP contribution is 2.28. The number of benzene rings is 2. The molecule has 0 aliphatic heterocycles. The van der Waals surface area contributed by atoms with Crippen molar-refractivity contribution in [3.05, 3.63) is 64.2 Å². The Kier molecular flexibility index (Phi) is 4.62. The summed E-state index contributed by atoms with van der Waals surface area (Å²) in [4.78, 5) is 0. The van der Waals surface area contributed by atoms with Crippen LogP contribution in [0.1, 0.15) is 29.7 Å². The quantitative estimate of drug-likeness (QED) is 0.930. The fourth-order valence-electron chi connectivity index (χ4n) is 1.75. The molecular weight excluding hydrogens is 272 g/mol. The van der Waals surface area contributed by atoms with Crippen LogP contribution in [0.5, 0.6) is 5.75 Å². The molecule has 20 heavy (non-hydrogen) atoms. The lowest BCUT2D eigenvalue weighted by Gasteiger charge is -2.11. The molecule has 0 heterocycles. The van der Waals surface area contributed by atoms with Crippen LogP contribution in [0.3, 0.4) is 0 Å². The maximum Gasteiger partial charge on any atom is 0.138 e. The minimum atomic E-state index is -0.0555. The van der Waals surface area contributed by atoms with Gasteiger partial charge in [0.1, 0.15) is 12.4 Å². The largest absolute Gasteiger partial charge is 0.487 e. The highest BCUT2D eigenvalue weighted by molar-refractivity contribution is 6.32. The number of nitrogens with zero attached hydrogens (tertiary/aromatic N) is 1. The third-order valence-corrected chi connectivity index (χ3v) is 3.25. The van der Waals surface area contributed by atoms with Crippen LogP contribution in [0, 0.1) is 11.3 Å². The third-order valence-electron chi connectivity index (χ3n) is 2.96. The number of hydrogen-bond donors (Lipinski definition) is 1. The van der Waals surface area contributed by atoms with Crippen molar-refractivity contribution >= 4 is 11.6 Å². The van der Waals surface area contributed by atoms with E-state index in [9.17, 15) is 0 Å². The molecular formula is C16H15ClN2O. The second-order valence-electron chi connectivity index (χ2n) is 4.58. The van der Waals surface area contributed by atoms with E-state index in [-0.39, 0.29) is 6.04 Å². The molecule has 2 N–H and O–H groups in total. The third kappa shape index (κ3) is 3.51. The molecule has 2 aromatic carbocycles. The first-order valence-corrected chi connectivity index (χ1v) is 6.65.